The molecule has 1 heterocycles. The van der Waals surface area contributed by atoms with Crippen molar-refractivity contribution < 1.29 is 4.74 Å². The molecule has 1 aromatic heterocycles. The first-order valence-corrected chi connectivity index (χ1v) is 7.47. The fraction of sp³-hybridized carbons (Fsp3) is 0.0625. The lowest BCUT2D eigenvalue weighted by atomic mass is 10.1. The summed E-state index contributed by atoms with van der Waals surface area (Å²) in [6, 6.07) is 17.5. The minimum absolute atomic E-state index is 0.426. The van der Waals surface area contributed by atoms with Crippen LogP contribution in [-0.4, -0.2) is 4.98 Å². The van der Waals surface area contributed by atoms with E-state index in [1.54, 1.807) is 0 Å². The van der Waals surface area contributed by atoms with E-state index in [4.69, 9.17) is 16.3 Å². The monoisotopic (exact) mass is 347 g/mol. The molecule has 0 saturated carbocycles. The molecule has 0 aliphatic rings. The fourth-order valence-electron chi connectivity index (χ4n) is 2.02. The van der Waals surface area contributed by atoms with Gasteiger partial charge in [-0.15, -0.1) is 11.6 Å². The summed E-state index contributed by atoms with van der Waals surface area (Å²) in [6.45, 7) is 0. The minimum atomic E-state index is 0.426. The van der Waals surface area contributed by atoms with E-state index in [-0.39, 0.29) is 0 Å². The van der Waals surface area contributed by atoms with E-state index in [9.17, 15) is 0 Å². The van der Waals surface area contributed by atoms with E-state index >= 15 is 0 Å². The predicted octanol–water partition coefficient (Wildman–Crippen LogP) is 5.53. The molecule has 0 fully saturated rings. The van der Waals surface area contributed by atoms with Crippen molar-refractivity contribution in [1.29, 1.82) is 0 Å². The number of alkyl halides is 1. The number of hydrogen-bond acceptors (Lipinski definition) is 2. The average Bonchev–Trinajstić information content (AvgIpc) is 2.49. The van der Waals surface area contributed by atoms with Crippen LogP contribution >= 0.6 is 27.5 Å². The molecule has 2 nitrogen and oxygen atoms in total. The van der Waals surface area contributed by atoms with Gasteiger partial charge in [-0.05, 0) is 39.7 Å². The number of pyridine rings is 1. The van der Waals surface area contributed by atoms with Crippen molar-refractivity contribution >= 4 is 38.4 Å². The van der Waals surface area contributed by atoms with Crippen LogP contribution in [0, 0.1) is 0 Å². The van der Waals surface area contributed by atoms with Gasteiger partial charge in [0.25, 0.3) is 0 Å². The Bertz CT molecular complexity index is 760. The number of nitrogens with zero attached hydrogens (tertiary/aromatic N) is 1. The topological polar surface area (TPSA) is 22.1 Å². The van der Waals surface area contributed by atoms with Crippen molar-refractivity contribution in [3.63, 3.8) is 0 Å². The summed E-state index contributed by atoms with van der Waals surface area (Å²) < 4.78 is 6.73. The zero-order valence-corrected chi connectivity index (χ0v) is 12.9. The van der Waals surface area contributed by atoms with Gasteiger partial charge in [-0.2, -0.15) is 0 Å². The van der Waals surface area contributed by atoms with Crippen LogP contribution in [0.4, 0.5) is 0 Å². The van der Waals surface area contributed by atoms with Crippen molar-refractivity contribution in [3.8, 4) is 11.6 Å². The Balaban J connectivity index is 2.06. The highest BCUT2D eigenvalue weighted by molar-refractivity contribution is 9.10. The predicted molar refractivity (Wildman–Crippen MR) is 85.5 cm³/mol. The molecule has 0 spiro atoms. The van der Waals surface area contributed by atoms with Crippen molar-refractivity contribution in [2.24, 2.45) is 0 Å². The maximum absolute atomic E-state index is 6.02. The molecule has 0 amide bonds. The lowest BCUT2D eigenvalue weighted by molar-refractivity contribution is 0.462. The number of halogens is 2. The molecule has 0 N–H and O–H groups in total. The molecule has 0 unspecified atom stereocenters. The van der Waals surface area contributed by atoms with Gasteiger partial charge in [0.2, 0.25) is 5.88 Å². The normalized spacial score (nSPS) is 10.7. The van der Waals surface area contributed by atoms with Crippen LogP contribution in [0.3, 0.4) is 0 Å². The molecule has 20 heavy (non-hydrogen) atoms. The zero-order valence-electron chi connectivity index (χ0n) is 10.5. The average molecular weight is 349 g/mol. The summed E-state index contributed by atoms with van der Waals surface area (Å²) in [6.07, 6.45) is 0. The fourth-order valence-corrected chi connectivity index (χ4v) is 2.61. The largest absolute Gasteiger partial charge is 0.438 e. The van der Waals surface area contributed by atoms with Gasteiger partial charge in [0.15, 0.2) is 0 Å². The van der Waals surface area contributed by atoms with E-state index in [0.29, 0.717) is 11.8 Å². The first kappa shape index (κ1) is 13.4. The molecule has 4 heteroatoms. The van der Waals surface area contributed by atoms with E-state index in [2.05, 4.69) is 20.9 Å². The highest BCUT2D eigenvalue weighted by Crippen LogP contribution is 2.30. The molecule has 0 radical (unpaired) electrons. The highest BCUT2D eigenvalue weighted by Gasteiger charge is 2.08. The summed E-state index contributed by atoms with van der Waals surface area (Å²) in [5.41, 5.74) is 1.90. The Morgan fingerprint density at radius 2 is 1.80 bits per heavy atom. The second kappa shape index (κ2) is 5.81. The maximum atomic E-state index is 6.02. The first-order chi connectivity index (χ1) is 9.78. The summed E-state index contributed by atoms with van der Waals surface area (Å²) in [7, 11) is 0. The molecule has 100 valence electrons. The van der Waals surface area contributed by atoms with Gasteiger partial charge in [0, 0.05) is 17.3 Å². The smallest absolute Gasteiger partial charge is 0.220 e. The van der Waals surface area contributed by atoms with Crippen molar-refractivity contribution in [2.45, 2.75) is 5.88 Å². The van der Waals surface area contributed by atoms with Crippen LogP contribution in [-0.2, 0) is 5.88 Å². The van der Waals surface area contributed by atoms with Gasteiger partial charge in [-0.1, -0.05) is 30.3 Å². The molecule has 3 rings (SSSR count). The van der Waals surface area contributed by atoms with Crippen LogP contribution in [0.5, 0.6) is 11.6 Å². The molecule has 0 aliphatic carbocycles. The molecule has 0 aliphatic heterocycles. The van der Waals surface area contributed by atoms with Crippen molar-refractivity contribution in [2.75, 3.05) is 0 Å². The minimum Gasteiger partial charge on any atom is -0.438 e. The molecular formula is C16H11BrClNO. The van der Waals surface area contributed by atoms with Gasteiger partial charge in [-0.25, -0.2) is 4.98 Å². The Morgan fingerprint density at radius 3 is 2.60 bits per heavy atom. The number of fused-ring (bicyclic) bond motifs is 1. The van der Waals surface area contributed by atoms with Gasteiger partial charge < -0.3 is 4.74 Å². The molecular weight excluding hydrogens is 338 g/mol. The maximum Gasteiger partial charge on any atom is 0.220 e. The SMILES string of the molecule is ClCc1cc(Oc2ccccc2Br)nc2ccccc12. The lowest BCUT2D eigenvalue weighted by Crippen LogP contribution is -1.92. The Kier molecular flexibility index (Phi) is 3.90. The van der Waals surface area contributed by atoms with Crippen LogP contribution < -0.4 is 4.74 Å². The number of rotatable bonds is 3. The highest BCUT2D eigenvalue weighted by atomic mass is 79.9. The number of aromatic nitrogens is 1. The van der Waals surface area contributed by atoms with Crippen molar-refractivity contribution in [3.05, 3.63) is 64.6 Å². The van der Waals surface area contributed by atoms with Crippen LogP contribution in [0.25, 0.3) is 10.9 Å². The van der Waals surface area contributed by atoms with E-state index < -0.39 is 0 Å². The Labute approximate surface area is 130 Å². The second-order valence-electron chi connectivity index (χ2n) is 4.30. The second-order valence-corrected chi connectivity index (χ2v) is 5.42. The standard InChI is InChI=1S/C16H11BrClNO/c17-13-6-2-4-8-15(13)20-16-9-11(10-18)12-5-1-3-7-14(12)19-16/h1-9H,10H2. The zero-order chi connectivity index (χ0) is 13.9. The molecule has 0 atom stereocenters. The lowest BCUT2D eigenvalue weighted by Gasteiger charge is -2.10. The third kappa shape index (κ3) is 2.65. The number of hydrogen-bond donors (Lipinski definition) is 0. The third-order valence-electron chi connectivity index (χ3n) is 2.97. The van der Waals surface area contributed by atoms with Gasteiger partial charge in [0.1, 0.15) is 5.75 Å². The quantitative estimate of drug-likeness (QED) is 0.581. The Hall–Kier alpha value is -1.58. The van der Waals surface area contributed by atoms with E-state index in [1.807, 2.05) is 54.6 Å². The molecule has 3 aromatic rings. The molecule has 2 aromatic carbocycles. The summed E-state index contributed by atoms with van der Waals surface area (Å²) in [4.78, 5) is 4.52. The summed E-state index contributed by atoms with van der Waals surface area (Å²) in [5.74, 6) is 1.71. The third-order valence-corrected chi connectivity index (χ3v) is 3.92. The first-order valence-electron chi connectivity index (χ1n) is 6.15. The van der Waals surface area contributed by atoms with Gasteiger partial charge in [0.05, 0.1) is 9.99 Å². The van der Waals surface area contributed by atoms with Crippen molar-refractivity contribution in [1.82, 2.24) is 4.98 Å². The molecule has 0 saturated heterocycles. The number of ether oxygens (including phenoxy) is 1. The van der Waals surface area contributed by atoms with E-state index in [1.165, 1.54) is 0 Å². The summed E-state index contributed by atoms with van der Waals surface area (Å²) >= 11 is 9.48. The van der Waals surface area contributed by atoms with Crippen LogP contribution in [0.1, 0.15) is 5.56 Å². The van der Waals surface area contributed by atoms with Crippen LogP contribution in [0.2, 0.25) is 0 Å². The number of benzene rings is 2. The van der Waals surface area contributed by atoms with Gasteiger partial charge >= 0.3 is 0 Å². The Morgan fingerprint density at radius 1 is 1.05 bits per heavy atom. The number of para-hydroxylation sites is 2. The molecule has 0 bridgehead atoms. The van der Waals surface area contributed by atoms with Gasteiger partial charge in [-0.3, -0.25) is 0 Å². The van der Waals surface area contributed by atoms with E-state index in [0.717, 1.165) is 26.7 Å². The van der Waals surface area contributed by atoms with Crippen LogP contribution in [0.15, 0.2) is 59.1 Å². The summed E-state index contributed by atoms with van der Waals surface area (Å²) in [5, 5.41) is 1.06.